The second-order valence-corrected chi connectivity index (χ2v) is 8.39. The van der Waals surface area contributed by atoms with Crippen molar-refractivity contribution in [2.45, 2.75) is 31.3 Å². The van der Waals surface area contributed by atoms with Crippen LogP contribution in [-0.2, 0) is 22.3 Å². The summed E-state index contributed by atoms with van der Waals surface area (Å²) in [6.07, 6.45) is 2.07. The van der Waals surface area contributed by atoms with Crippen LogP contribution < -0.4 is 10.1 Å². The number of hydrogen-bond donors (Lipinski definition) is 1. The third-order valence-electron chi connectivity index (χ3n) is 4.79. The van der Waals surface area contributed by atoms with Crippen LogP contribution in [0.25, 0.3) is 5.69 Å². The van der Waals surface area contributed by atoms with Crippen molar-refractivity contribution in [1.29, 1.82) is 0 Å². The van der Waals surface area contributed by atoms with Gasteiger partial charge < -0.3 is 10.1 Å². The van der Waals surface area contributed by atoms with E-state index in [4.69, 9.17) is 4.74 Å². The number of fused-ring (bicyclic) bond motifs is 1. The van der Waals surface area contributed by atoms with Crippen LogP contribution in [0.3, 0.4) is 0 Å². The van der Waals surface area contributed by atoms with Crippen LogP contribution >= 0.6 is 0 Å². The lowest BCUT2D eigenvalue weighted by Gasteiger charge is -2.11. The number of para-hydroxylation sites is 1. The van der Waals surface area contributed by atoms with E-state index in [1.807, 2.05) is 30.3 Å². The predicted octanol–water partition coefficient (Wildman–Crippen LogP) is 4.07. The van der Waals surface area contributed by atoms with Gasteiger partial charge in [-0.1, -0.05) is 31.5 Å². The van der Waals surface area contributed by atoms with E-state index in [9.17, 15) is 9.00 Å². The standard InChI is InChI=1S/C22H23N3O3S/c1-2-3-13-28-18-11-9-16(10-12-18)22(26)23-21-19-14-29(27)15-20(19)24-25(21)17-7-5-4-6-8-17/h4-12H,2-3,13-15H2,1H3,(H,23,26)/t29-/m1/s1. The number of carbonyl (C=O) groups is 1. The first-order valence-electron chi connectivity index (χ1n) is 9.71. The lowest BCUT2D eigenvalue weighted by Crippen LogP contribution is -2.16. The van der Waals surface area contributed by atoms with Gasteiger partial charge in [0.15, 0.2) is 0 Å². The molecule has 1 atom stereocenters. The molecule has 150 valence electrons. The van der Waals surface area contributed by atoms with E-state index in [-0.39, 0.29) is 5.91 Å². The molecule has 3 aromatic rings. The summed E-state index contributed by atoms with van der Waals surface area (Å²) in [5.41, 5.74) is 3.01. The van der Waals surface area contributed by atoms with Crippen molar-refractivity contribution < 1.29 is 13.7 Å². The van der Waals surface area contributed by atoms with Crippen molar-refractivity contribution in [2.24, 2.45) is 0 Å². The van der Waals surface area contributed by atoms with Crippen LogP contribution in [0.1, 0.15) is 41.4 Å². The molecule has 0 aliphatic carbocycles. The van der Waals surface area contributed by atoms with Crippen LogP contribution in [-0.4, -0.2) is 26.5 Å². The normalized spacial score (nSPS) is 15.1. The summed E-state index contributed by atoms with van der Waals surface area (Å²) in [4.78, 5) is 12.9. The Balaban J connectivity index is 1.57. The van der Waals surface area contributed by atoms with Gasteiger partial charge in [0.2, 0.25) is 0 Å². The minimum absolute atomic E-state index is 0.234. The van der Waals surface area contributed by atoms with Crippen molar-refractivity contribution >= 4 is 22.5 Å². The molecule has 0 radical (unpaired) electrons. The smallest absolute Gasteiger partial charge is 0.256 e. The first-order valence-corrected chi connectivity index (χ1v) is 11.2. The van der Waals surface area contributed by atoms with Crippen molar-refractivity contribution in [3.05, 3.63) is 71.4 Å². The Labute approximate surface area is 172 Å². The van der Waals surface area contributed by atoms with E-state index >= 15 is 0 Å². The molecule has 0 unspecified atom stereocenters. The molecule has 1 aromatic heterocycles. The Morgan fingerprint density at radius 2 is 1.90 bits per heavy atom. The van der Waals surface area contributed by atoms with E-state index in [0.29, 0.717) is 29.5 Å². The highest BCUT2D eigenvalue weighted by Gasteiger charge is 2.28. The molecule has 0 saturated carbocycles. The maximum absolute atomic E-state index is 12.9. The maximum Gasteiger partial charge on any atom is 0.256 e. The van der Waals surface area contributed by atoms with Gasteiger partial charge in [-0.2, -0.15) is 5.10 Å². The molecular formula is C22H23N3O3S. The molecule has 0 spiro atoms. The van der Waals surface area contributed by atoms with E-state index in [1.54, 1.807) is 28.9 Å². The zero-order valence-electron chi connectivity index (χ0n) is 16.3. The fourth-order valence-corrected chi connectivity index (χ4v) is 4.49. The molecule has 2 aromatic carbocycles. The monoisotopic (exact) mass is 409 g/mol. The molecule has 29 heavy (non-hydrogen) atoms. The number of unbranched alkanes of at least 4 members (excludes halogenated alkanes) is 1. The fraction of sp³-hybridized carbons (Fsp3) is 0.273. The summed E-state index contributed by atoms with van der Waals surface area (Å²) >= 11 is 0. The number of amides is 1. The summed E-state index contributed by atoms with van der Waals surface area (Å²) in [6.45, 7) is 2.78. The second-order valence-electron chi connectivity index (χ2n) is 6.93. The van der Waals surface area contributed by atoms with Gasteiger partial charge in [-0.3, -0.25) is 9.00 Å². The molecule has 2 heterocycles. The summed E-state index contributed by atoms with van der Waals surface area (Å²) in [5.74, 6) is 1.93. The zero-order chi connectivity index (χ0) is 20.2. The topological polar surface area (TPSA) is 73.2 Å². The van der Waals surface area contributed by atoms with E-state index in [1.165, 1.54) is 0 Å². The highest BCUT2D eigenvalue weighted by atomic mass is 32.2. The van der Waals surface area contributed by atoms with Gasteiger partial charge in [-0.25, -0.2) is 4.68 Å². The van der Waals surface area contributed by atoms with Crippen LogP contribution in [0.15, 0.2) is 54.6 Å². The lowest BCUT2D eigenvalue weighted by atomic mass is 10.2. The van der Waals surface area contributed by atoms with Crippen molar-refractivity contribution in [1.82, 2.24) is 9.78 Å². The third-order valence-corrected chi connectivity index (χ3v) is 5.99. The molecule has 7 heteroatoms. The number of benzene rings is 2. The Bertz CT molecular complexity index is 1030. The first-order chi connectivity index (χ1) is 14.2. The quantitative estimate of drug-likeness (QED) is 0.597. The van der Waals surface area contributed by atoms with Gasteiger partial charge >= 0.3 is 0 Å². The number of nitrogens with zero attached hydrogens (tertiary/aromatic N) is 2. The number of ether oxygens (including phenoxy) is 1. The second kappa shape index (κ2) is 8.61. The minimum Gasteiger partial charge on any atom is -0.494 e. The molecule has 1 N–H and O–H groups in total. The number of hydrogen-bond acceptors (Lipinski definition) is 4. The Kier molecular flexibility index (Phi) is 5.76. The van der Waals surface area contributed by atoms with E-state index in [2.05, 4.69) is 17.3 Å². The summed E-state index contributed by atoms with van der Waals surface area (Å²) in [5, 5.41) is 7.59. The van der Waals surface area contributed by atoms with Crippen molar-refractivity contribution in [2.75, 3.05) is 11.9 Å². The average Bonchev–Trinajstić information content (AvgIpc) is 3.26. The van der Waals surface area contributed by atoms with Gasteiger partial charge in [0.1, 0.15) is 11.6 Å². The summed E-state index contributed by atoms with van der Waals surface area (Å²) < 4.78 is 19.4. The third kappa shape index (κ3) is 4.24. The van der Waals surface area contributed by atoms with Crippen molar-refractivity contribution in [3.63, 3.8) is 0 Å². The first kappa shape index (κ1) is 19.4. The molecule has 6 nitrogen and oxygen atoms in total. The molecular weight excluding hydrogens is 386 g/mol. The number of aromatic nitrogens is 2. The zero-order valence-corrected chi connectivity index (χ0v) is 17.1. The fourth-order valence-electron chi connectivity index (χ4n) is 3.23. The molecule has 0 bridgehead atoms. The van der Waals surface area contributed by atoms with Crippen LogP contribution in [0.5, 0.6) is 5.75 Å². The molecule has 1 aliphatic rings. The van der Waals surface area contributed by atoms with Gasteiger partial charge in [-0.05, 0) is 42.8 Å². The van der Waals surface area contributed by atoms with E-state index < -0.39 is 10.8 Å². The number of anilines is 1. The van der Waals surface area contributed by atoms with Gasteiger partial charge in [-0.15, -0.1) is 0 Å². The maximum atomic E-state index is 12.9. The molecule has 0 fully saturated rings. The molecule has 4 rings (SSSR count). The van der Waals surface area contributed by atoms with Crippen LogP contribution in [0, 0.1) is 0 Å². The average molecular weight is 410 g/mol. The van der Waals surface area contributed by atoms with Gasteiger partial charge in [0.25, 0.3) is 5.91 Å². The number of carbonyl (C=O) groups excluding carboxylic acids is 1. The van der Waals surface area contributed by atoms with Gasteiger partial charge in [0.05, 0.1) is 29.5 Å². The highest BCUT2D eigenvalue weighted by molar-refractivity contribution is 7.83. The molecule has 0 saturated heterocycles. The minimum atomic E-state index is -0.974. The SMILES string of the molecule is CCCCOc1ccc(C(=O)Nc2c3c(nn2-c2ccccc2)C[S@](=O)C3)cc1. The van der Waals surface area contributed by atoms with Crippen LogP contribution in [0.2, 0.25) is 0 Å². The predicted molar refractivity (Wildman–Crippen MR) is 114 cm³/mol. The summed E-state index contributed by atoms with van der Waals surface area (Å²) in [6, 6.07) is 16.7. The Morgan fingerprint density at radius 3 is 2.62 bits per heavy atom. The number of nitrogens with one attached hydrogen (secondary N) is 1. The Morgan fingerprint density at radius 1 is 1.14 bits per heavy atom. The Hall–Kier alpha value is -2.93. The molecule has 1 amide bonds. The van der Waals surface area contributed by atoms with Crippen LogP contribution in [0.4, 0.5) is 5.82 Å². The van der Waals surface area contributed by atoms with Crippen molar-refractivity contribution in [3.8, 4) is 11.4 Å². The van der Waals surface area contributed by atoms with Gasteiger partial charge in [0, 0.05) is 21.9 Å². The summed E-state index contributed by atoms with van der Waals surface area (Å²) in [7, 11) is -0.974. The number of rotatable bonds is 7. The largest absolute Gasteiger partial charge is 0.494 e. The molecule has 1 aliphatic heterocycles. The van der Waals surface area contributed by atoms with E-state index in [0.717, 1.165) is 35.5 Å². The highest BCUT2D eigenvalue weighted by Crippen LogP contribution is 2.31. The lowest BCUT2D eigenvalue weighted by molar-refractivity contribution is 0.102.